The van der Waals surface area contributed by atoms with E-state index >= 15 is 0 Å². The van der Waals surface area contributed by atoms with Crippen molar-refractivity contribution in [2.75, 3.05) is 0 Å². The molecule has 0 saturated carbocycles. The summed E-state index contributed by atoms with van der Waals surface area (Å²) in [5.74, 6) is -3.48. The summed E-state index contributed by atoms with van der Waals surface area (Å²) in [6.07, 6.45) is 0. The first-order valence-corrected chi connectivity index (χ1v) is 18.5. The SMILES string of the molecule is [2H]c1c([2H])c([2H])c([Si](c2c([2H])c([2H])c([2H])c([2H])c2[2H])(c2c([2H])c([2H])c([2H])c([2H])c2[2H])c2c([2H])c([2H])c3c(c2[2H])Oc2c([2H])c(-n4c5c([2H])c([2H])c([2H])c([2H])c5c5c([2H])c([2H])c([2H])c([2H])c54)c([2H])c4c2B3Sc2c([2H])c([2H])c([2H])c([2H])c2-4)c([2H])c1[2H]. The first kappa shape index (κ1) is 12.6. The molecule has 0 radical (unpaired) electrons. The van der Waals surface area contributed by atoms with E-state index in [1.54, 1.807) is 0 Å². The zero-order valence-corrected chi connectivity index (χ0v) is 28.2. The van der Waals surface area contributed by atoms with Crippen molar-refractivity contribution in [2.24, 2.45) is 0 Å². The topological polar surface area (TPSA) is 14.2 Å². The minimum atomic E-state index is -6.40. The lowest BCUT2D eigenvalue weighted by atomic mass is 9.57. The van der Waals surface area contributed by atoms with Gasteiger partial charge in [-0.15, -0.1) is 0 Å². The van der Waals surface area contributed by atoms with Crippen LogP contribution in [0.1, 0.15) is 43.9 Å². The quantitative estimate of drug-likeness (QED) is 0.131. The predicted octanol–water partition coefficient (Wildman–Crippen LogP) is 8.15. The van der Waals surface area contributed by atoms with Crippen LogP contribution in [0.25, 0.3) is 38.6 Å². The number of hydrogen-bond acceptors (Lipinski definition) is 2. The van der Waals surface area contributed by atoms with Gasteiger partial charge in [-0.3, -0.25) is 0 Å². The van der Waals surface area contributed by atoms with E-state index in [1.807, 2.05) is 0 Å². The zero-order valence-electron chi connectivity index (χ0n) is 58.3. The Hall–Kier alpha value is -6.01. The van der Waals surface area contributed by atoms with Crippen LogP contribution in [0.2, 0.25) is 0 Å². The Morgan fingerprint density at radius 2 is 1.04 bits per heavy atom. The van der Waals surface area contributed by atoms with Gasteiger partial charge in [0.2, 0.25) is 0 Å². The Morgan fingerprint density at radius 3 is 1.66 bits per heavy atom. The number of fused-ring (bicyclic) bond motifs is 7. The number of ether oxygens (including phenoxy) is 1. The van der Waals surface area contributed by atoms with Gasteiger partial charge in [-0.1, -0.05) is 157 Å². The maximum absolute atomic E-state index is 10.5. The molecule has 9 aromatic rings. The first-order chi connectivity index (χ1) is 39.6. The molecule has 5 heteroatoms. The van der Waals surface area contributed by atoms with Crippen molar-refractivity contribution >= 4 is 79.2 Å². The number of benzene rings is 8. The van der Waals surface area contributed by atoms with Crippen LogP contribution in [0, 0.1) is 0 Å². The standard InChI is InChI=1S/C48H32BNOSSi/c1-4-16-34(17-5-1)53(35-18-6-2-7-19-35,36-20-8-3-9-21-36)37-28-29-42-45(32-37)51-46-31-33(30-41-40-24-12-15-27-47(40)52-49(42)48(41)46)50-43-25-13-10-22-38(43)39-23-11-14-26-44(39)50/h1-32H/i1D,2D,3D,4D,5D,6D,7D,8D,9D,10D,11D,12D,13D,14D,15D,16D,17D,18D,19D,20D,21D,22D,23D,24D,25D,26D,27D,28D,29D,30D,31D,32D. The molecule has 0 spiro atoms. The van der Waals surface area contributed by atoms with Gasteiger partial charge in [0.15, 0.2) is 8.07 Å². The number of rotatable bonds is 5. The van der Waals surface area contributed by atoms with Crippen molar-refractivity contribution in [3.8, 4) is 28.3 Å². The van der Waals surface area contributed by atoms with Crippen molar-refractivity contribution in [1.82, 2.24) is 4.57 Å². The number of aromatic nitrogens is 1. The Kier molecular flexibility index (Phi) is 2.85. The van der Waals surface area contributed by atoms with Crippen molar-refractivity contribution in [2.45, 2.75) is 4.90 Å². The van der Waals surface area contributed by atoms with E-state index in [0.29, 0.717) is 11.6 Å². The molecule has 53 heavy (non-hydrogen) atoms. The average molecular weight is 742 g/mol. The molecule has 1 aromatic heterocycles. The Morgan fingerprint density at radius 1 is 0.491 bits per heavy atom. The van der Waals surface area contributed by atoms with Gasteiger partial charge in [-0.05, 0) is 73.0 Å². The van der Waals surface area contributed by atoms with Gasteiger partial charge in [0.1, 0.15) is 11.5 Å². The van der Waals surface area contributed by atoms with Crippen LogP contribution in [0.15, 0.2) is 198 Å². The lowest BCUT2D eigenvalue weighted by Gasteiger charge is -2.37. The number of hydrogen-bond donors (Lipinski definition) is 0. The van der Waals surface area contributed by atoms with Crippen LogP contribution in [0.3, 0.4) is 0 Å². The van der Waals surface area contributed by atoms with Gasteiger partial charge in [0.05, 0.1) is 60.6 Å². The third-order valence-corrected chi connectivity index (χ3v) is 14.2. The molecule has 2 aliphatic rings. The van der Waals surface area contributed by atoms with Crippen LogP contribution in [-0.2, 0) is 0 Å². The average Bonchev–Trinajstić information content (AvgIpc) is 1.18. The molecule has 8 aromatic carbocycles. The van der Waals surface area contributed by atoms with Crippen LogP contribution < -0.4 is 36.4 Å². The van der Waals surface area contributed by atoms with Gasteiger partial charge in [0.25, 0.3) is 5.99 Å². The van der Waals surface area contributed by atoms with Crippen LogP contribution in [0.4, 0.5) is 0 Å². The predicted molar refractivity (Wildman–Crippen MR) is 227 cm³/mol. The molecule has 0 unspecified atom stereocenters. The van der Waals surface area contributed by atoms with E-state index < -0.39 is 284 Å². The smallest absolute Gasteiger partial charge is 0.289 e. The van der Waals surface area contributed by atoms with E-state index in [2.05, 4.69) is 0 Å². The second-order valence-electron chi connectivity index (χ2n) is 11.5. The molecule has 2 aliphatic heterocycles. The highest BCUT2D eigenvalue weighted by molar-refractivity contribution is 8.28. The summed E-state index contributed by atoms with van der Waals surface area (Å²) in [7, 11) is -6.40. The van der Waals surface area contributed by atoms with E-state index in [4.69, 9.17) is 28.0 Å². The van der Waals surface area contributed by atoms with Crippen molar-refractivity contribution in [3.63, 3.8) is 0 Å². The van der Waals surface area contributed by atoms with Crippen LogP contribution in [-0.4, -0.2) is 18.6 Å². The number of nitrogens with zero attached hydrogens (tertiary/aromatic N) is 1. The maximum atomic E-state index is 10.5. The fourth-order valence-electron chi connectivity index (χ4n) is 6.75. The lowest BCUT2D eigenvalue weighted by Crippen LogP contribution is -2.74. The van der Waals surface area contributed by atoms with Gasteiger partial charge in [-0.25, -0.2) is 0 Å². The minimum absolute atomic E-state index is 0.358. The Balaban J connectivity index is 1.41. The molecule has 0 bridgehead atoms. The molecule has 11 rings (SSSR count). The largest absolute Gasteiger partial charge is 0.458 e. The highest BCUT2D eigenvalue weighted by atomic mass is 32.2. The summed E-state index contributed by atoms with van der Waals surface area (Å²) in [4.78, 5) is -0.367. The first-order valence-electron chi connectivity index (χ1n) is 31.6. The van der Waals surface area contributed by atoms with E-state index in [9.17, 15) is 20.6 Å². The molecule has 0 aliphatic carbocycles. The summed E-state index contributed by atoms with van der Waals surface area (Å²) in [5, 5.41) is -5.57. The summed E-state index contributed by atoms with van der Waals surface area (Å²) in [5.41, 5.74) is -3.97. The van der Waals surface area contributed by atoms with Crippen LogP contribution >= 0.6 is 11.6 Å². The second kappa shape index (κ2) is 12.0. The Bertz CT molecular complexity index is 4390. The summed E-state index contributed by atoms with van der Waals surface area (Å²) in [6.45, 7) is 0. The summed E-state index contributed by atoms with van der Waals surface area (Å²) in [6, 6.07) is -33.7. The van der Waals surface area contributed by atoms with Gasteiger partial charge < -0.3 is 9.30 Å². The fraction of sp³-hybridized carbons (Fsp3) is 0. The molecule has 0 N–H and O–H groups in total. The summed E-state index contributed by atoms with van der Waals surface area (Å²) >= 11 is 0.547. The third kappa shape index (κ3) is 4.54. The second-order valence-corrected chi connectivity index (χ2v) is 16.2. The van der Waals surface area contributed by atoms with Crippen molar-refractivity contribution < 1.29 is 48.6 Å². The maximum Gasteiger partial charge on any atom is 0.289 e. The molecule has 2 nitrogen and oxygen atoms in total. The highest BCUT2D eigenvalue weighted by Gasteiger charge is 2.44. The number of para-hydroxylation sites is 2. The molecule has 0 atom stereocenters. The summed E-state index contributed by atoms with van der Waals surface area (Å²) < 4.78 is 302. The monoisotopic (exact) mass is 741 g/mol. The normalized spacial score (nSPS) is 21.4. The molecular formula is C48H32BNOSSi. The van der Waals surface area contributed by atoms with E-state index in [0.717, 1.165) is 4.57 Å². The molecular weight excluding hydrogens is 677 g/mol. The third-order valence-electron chi connectivity index (χ3n) is 8.92. The minimum Gasteiger partial charge on any atom is -0.458 e. The van der Waals surface area contributed by atoms with Crippen LogP contribution in [0.5, 0.6) is 11.5 Å². The molecule has 3 heterocycles. The molecule has 0 saturated heterocycles. The molecule has 0 amide bonds. The highest BCUT2D eigenvalue weighted by Crippen LogP contribution is 2.44. The van der Waals surface area contributed by atoms with E-state index in [-0.39, 0.29) is 10.4 Å². The van der Waals surface area contributed by atoms with Crippen molar-refractivity contribution in [3.05, 3.63) is 193 Å². The van der Waals surface area contributed by atoms with Gasteiger partial charge >= 0.3 is 0 Å². The van der Waals surface area contributed by atoms with Crippen molar-refractivity contribution in [1.29, 1.82) is 0 Å². The molecule has 0 fully saturated rings. The molecule has 248 valence electrons. The van der Waals surface area contributed by atoms with Gasteiger partial charge in [0, 0.05) is 21.7 Å². The Labute approximate surface area is 359 Å². The fourth-order valence-corrected chi connectivity index (χ4v) is 11.5. The van der Waals surface area contributed by atoms with Gasteiger partial charge in [-0.2, -0.15) is 11.6 Å². The van der Waals surface area contributed by atoms with E-state index in [1.165, 1.54) is 0 Å². The zero-order chi connectivity index (χ0) is 62.8. The lowest BCUT2D eigenvalue weighted by molar-refractivity contribution is 0.488.